The van der Waals surface area contributed by atoms with Crippen molar-refractivity contribution in [1.29, 1.82) is 5.26 Å². The van der Waals surface area contributed by atoms with Crippen molar-refractivity contribution in [2.24, 2.45) is 11.8 Å². The molecule has 2 aromatic carbocycles. The first-order chi connectivity index (χ1) is 15.4. The first-order valence-electron chi connectivity index (χ1n) is 11.1. The van der Waals surface area contributed by atoms with Crippen molar-refractivity contribution in [1.82, 2.24) is 10.6 Å². The minimum atomic E-state index is -0.322. The lowest BCUT2D eigenvalue weighted by atomic mass is 9.49. The number of nitrogens with zero attached hydrogens (tertiary/aromatic N) is 1. The Morgan fingerprint density at radius 2 is 1.38 bits per heavy atom. The first-order valence-corrected chi connectivity index (χ1v) is 11.1. The number of hydrogen-bond acceptors (Lipinski definition) is 3. The van der Waals surface area contributed by atoms with E-state index >= 15 is 0 Å². The molecule has 4 aliphatic carbocycles. The summed E-state index contributed by atoms with van der Waals surface area (Å²) in [5.74, 6) is 3.31. The molecule has 2 atom stereocenters. The molecule has 4 aliphatic rings. The molecule has 0 heterocycles. The summed E-state index contributed by atoms with van der Waals surface area (Å²) < 4.78 is 0. The second kappa shape index (κ2) is 7.53. The van der Waals surface area contributed by atoms with Gasteiger partial charge >= 0.3 is 0 Å². The monoisotopic (exact) mass is 423 g/mol. The topological polar surface area (TPSA) is 82.0 Å². The molecule has 2 aromatic rings. The fourth-order valence-electron chi connectivity index (χ4n) is 6.66. The number of rotatable bonds is 4. The third-order valence-electron chi connectivity index (χ3n) is 7.36. The summed E-state index contributed by atoms with van der Waals surface area (Å²) in [6, 6.07) is 16.1. The van der Waals surface area contributed by atoms with Crippen molar-refractivity contribution in [2.45, 2.75) is 49.6 Å². The Morgan fingerprint density at radius 3 is 1.88 bits per heavy atom. The van der Waals surface area contributed by atoms with Crippen LogP contribution in [0.2, 0.25) is 0 Å². The van der Waals surface area contributed by atoms with Gasteiger partial charge in [0.05, 0.1) is 11.6 Å². The van der Waals surface area contributed by atoms with Gasteiger partial charge in [0, 0.05) is 27.8 Å². The largest absolute Gasteiger partial charge is 0.346 e. The summed E-state index contributed by atoms with van der Waals surface area (Å²) >= 11 is 0. The minimum Gasteiger partial charge on any atom is -0.346 e. The van der Waals surface area contributed by atoms with Crippen molar-refractivity contribution in [2.75, 3.05) is 0 Å². The Bertz CT molecular complexity index is 1080. The average molecular weight is 424 g/mol. The summed E-state index contributed by atoms with van der Waals surface area (Å²) in [4.78, 5) is 26.2. The molecule has 2 unspecified atom stereocenters. The molecule has 4 bridgehead atoms. The molecule has 2 N–H and O–H groups in total. The van der Waals surface area contributed by atoms with Crippen molar-refractivity contribution >= 4 is 11.8 Å². The third-order valence-corrected chi connectivity index (χ3v) is 7.36. The van der Waals surface area contributed by atoms with Crippen molar-refractivity contribution in [3.05, 3.63) is 70.8 Å². The molecule has 2 amide bonds. The highest BCUT2D eigenvalue weighted by Crippen LogP contribution is 2.57. The van der Waals surface area contributed by atoms with E-state index in [9.17, 15) is 9.59 Å². The maximum Gasteiger partial charge on any atom is 0.251 e. The number of nitriles is 1. The number of hydrogen-bond donors (Lipinski definition) is 2. The molecule has 0 aliphatic heterocycles. The van der Waals surface area contributed by atoms with Gasteiger partial charge in [-0.1, -0.05) is 18.1 Å². The lowest BCUT2D eigenvalue weighted by Gasteiger charge is -2.62. The van der Waals surface area contributed by atoms with Gasteiger partial charge in [0.15, 0.2) is 0 Å². The zero-order valence-corrected chi connectivity index (χ0v) is 17.9. The lowest BCUT2D eigenvalue weighted by Crippen LogP contribution is -2.69. The van der Waals surface area contributed by atoms with Crippen LogP contribution in [0.15, 0.2) is 48.5 Å². The van der Waals surface area contributed by atoms with Gasteiger partial charge in [-0.15, -0.1) is 6.42 Å². The van der Waals surface area contributed by atoms with Gasteiger partial charge in [-0.2, -0.15) is 5.26 Å². The highest BCUT2D eigenvalue weighted by atomic mass is 16.2. The molecule has 0 aromatic heterocycles. The Hall–Kier alpha value is -3.57. The minimum absolute atomic E-state index is 0.104. The van der Waals surface area contributed by atoms with Gasteiger partial charge in [0.1, 0.15) is 0 Å². The van der Waals surface area contributed by atoms with E-state index in [0.717, 1.165) is 38.5 Å². The molecule has 6 rings (SSSR count). The van der Waals surface area contributed by atoms with Crippen LogP contribution in [0.5, 0.6) is 0 Å². The normalized spacial score (nSPS) is 29.6. The van der Waals surface area contributed by atoms with E-state index < -0.39 is 0 Å². The van der Waals surface area contributed by atoms with Gasteiger partial charge in [0.2, 0.25) is 0 Å². The number of benzene rings is 2. The van der Waals surface area contributed by atoms with E-state index in [0.29, 0.717) is 34.1 Å². The van der Waals surface area contributed by atoms with Crippen LogP contribution < -0.4 is 10.6 Å². The predicted molar refractivity (Wildman–Crippen MR) is 121 cm³/mol. The number of amides is 2. The van der Waals surface area contributed by atoms with Gasteiger partial charge in [-0.25, -0.2) is 0 Å². The molecule has 4 saturated carbocycles. The predicted octanol–water partition coefficient (Wildman–Crippen LogP) is 3.79. The smallest absolute Gasteiger partial charge is 0.251 e. The molecular formula is C27H25N3O2. The standard InChI is InChI=1S/C27H25N3O2/c1-2-18-5-3-7-22(10-18)24(31)29-26-12-20-9-21(13-26)15-27(14-20,17-26)30-25(32)23-8-4-6-19(11-23)16-28/h1,3-8,10-11,20-21H,9,12-15,17H2,(H,29,31)(H,30,32). The number of nitrogens with one attached hydrogen (secondary N) is 2. The van der Waals surface area contributed by atoms with Crippen LogP contribution in [0, 0.1) is 35.5 Å². The summed E-state index contributed by atoms with van der Waals surface area (Å²) in [5, 5.41) is 15.8. The van der Waals surface area contributed by atoms with Crippen LogP contribution in [-0.2, 0) is 0 Å². The summed E-state index contributed by atoms with van der Waals surface area (Å²) in [6.45, 7) is 0. The second-order valence-electron chi connectivity index (χ2n) is 9.85. The molecule has 5 nitrogen and oxygen atoms in total. The highest BCUT2D eigenvalue weighted by Gasteiger charge is 2.58. The number of terminal acetylenes is 1. The molecule has 32 heavy (non-hydrogen) atoms. The summed E-state index contributed by atoms with van der Waals surface area (Å²) in [5.41, 5.74) is 1.60. The first kappa shape index (κ1) is 20.3. The van der Waals surface area contributed by atoms with Crippen molar-refractivity contribution in [3.63, 3.8) is 0 Å². The van der Waals surface area contributed by atoms with Crippen LogP contribution in [0.1, 0.15) is 70.4 Å². The molecule has 0 spiro atoms. The van der Waals surface area contributed by atoms with E-state index in [-0.39, 0.29) is 22.9 Å². The van der Waals surface area contributed by atoms with Crippen molar-refractivity contribution < 1.29 is 9.59 Å². The van der Waals surface area contributed by atoms with Crippen LogP contribution in [-0.4, -0.2) is 22.9 Å². The molecule has 5 heteroatoms. The average Bonchev–Trinajstić information content (AvgIpc) is 2.77. The van der Waals surface area contributed by atoms with Crippen LogP contribution in [0.3, 0.4) is 0 Å². The zero-order chi connectivity index (χ0) is 22.3. The van der Waals surface area contributed by atoms with Gasteiger partial charge in [-0.05, 0) is 86.8 Å². The van der Waals surface area contributed by atoms with Gasteiger partial charge in [-0.3, -0.25) is 9.59 Å². The number of carbonyl (C=O) groups excluding carboxylic acids is 2. The molecule has 0 saturated heterocycles. The zero-order valence-electron chi connectivity index (χ0n) is 17.9. The molecule has 0 radical (unpaired) electrons. The highest BCUT2D eigenvalue weighted by molar-refractivity contribution is 5.96. The number of carbonyl (C=O) groups is 2. The summed E-state index contributed by atoms with van der Waals surface area (Å²) in [6.07, 6.45) is 11.2. The van der Waals surface area contributed by atoms with Crippen LogP contribution in [0.25, 0.3) is 0 Å². The van der Waals surface area contributed by atoms with E-state index in [1.54, 1.807) is 42.5 Å². The second-order valence-corrected chi connectivity index (χ2v) is 9.85. The van der Waals surface area contributed by atoms with E-state index in [2.05, 4.69) is 22.6 Å². The molecular weight excluding hydrogens is 398 g/mol. The van der Waals surface area contributed by atoms with Crippen LogP contribution in [0.4, 0.5) is 0 Å². The maximum atomic E-state index is 13.1. The fraction of sp³-hybridized carbons (Fsp3) is 0.370. The SMILES string of the molecule is C#Cc1cccc(C(=O)NC23CC4CC(C2)CC(NC(=O)c2cccc(C#N)c2)(C4)C3)c1. The Balaban J connectivity index is 1.38. The van der Waals surface area contributed by atoms with E-state index in [4.69, 9.17) is 11.7 Å². The molecule has 4 fully saturated rings. The van der Waals surface area contributed by atoms with E-state index in [1.807, 2.05) is 6.07 Å². The fourth-order valence-corrected chi connectivity index (χ4v) is 6.66. The quantitative estimate of drug-likeness (QED) is 0.734. The summed E-state index contributed by atoms with van der Waals surface area (Å²) in [7, 11) is 0. The third kappa shape index (κ3) is 3.65. The maximum absolute atomic E-state index is 13.1. The van der Waals surface area contributed by atoms with E-state index in [1.165, 1.54) is 0 Å². The van der Waals surface area contributed by atoms with Crippen LogP contribution >= 0.6 is 0 Å². The Kier molecular flexibility index (Phi) is 4.79. The Morgan fingerprint density at radius 1 is 0.875 bits per heavy atom. The van der Waals surface area contributed by atoms with Crippen molar-refractivity contribution in [3.8, 4) is 18.4 Å². The van der Waals surface area contributed by atoms with Gasteiger partial charge in [0.25, 0.3) is 11.8 Å². The Labute approximate surface area is 188 Å². The molecule has 160 valence electrons. The lowest BCUT2D eigenvalue weighted by molar-refractivity contribution is -0.0448. The van der Waals surface area contributed by atoms with Gasteiger partial charge < -0.3 is 10.6 Å².